The third-order valence-corrected chi connectivity index (χ3v) is 5.35. The highest BCUT2D eigenvalue weighted by Gasteiger charge is 2.22. The van der Waals surface area contributed by atoms with E-state index in [1.165, 1.54) is 5.56 Å². The number of amides is 2. The number of ether oxygens (including phenoxy) is 1. The van der Waals surface area contributed by atoms with Gasteiger partial charge < -0.3 is 19.9 Å². The third kappa shape index (κ3) is 4.94. The Kier molecular flexibility index (Phi) is 6.02. The van der Waals surface area contributed by atoms with Crippen LogP contribution in [-0.4, -0.2) is 54.2 Å². The van der Waals surface area contributed by atoms with Crippen LogP contribution in [0.2, 0.25) is 0 Å². The molecule has 1 N–H and O–H groups in total. The van der Waals surface area contributed by atoms with Gasteiger partial charge in [-0.2, -0.15) is 0 Å². The van der Waals surface area contributed by atoms with E-state index < -0.39 is 0 Å². The number of piperazine rings is 1. The Bertz CT molecular complexity index is 1060. The molecule has 2 aromatic carbocycles. The Morgan fingerprint density at radius 3 is 2.39 bits per heavy atom. The predicted molar refractivity (Wildman–Crippen MR) is 123 cm³/mol. The lowest BCUT2D eigenvalue weighted by molar-refractivity contribution is 0.208. The zero-order valence-electron chi connectivity index (χ0n) is 18.1. The smallest absolute Gasteiger partial charge is 0.321 e. The molecule has 0 radical (unpaired) electrons. The molecule has 0 aliphatic carbocycles. The van der Waals surface area contributed by atoms with Crippen molar-refractivity contribution in [3.8, 4) is 17.1 Å². The van der Waals surface area contributed by atoms with Crippen molar-refractivity contribution < 1.29 is 9.53 Å². The second-order valence-electron chi connectivity index (χ2n) is 7.69. The zero-order chi connectivity index (χ0) is 21.8. The summed E-state index contributed by atoms with van der Waals surface area (Å²) in [4.78, 5) is 26.1. The monoisotopic (exact) mass is 417 g/mol. The maximum absolute atomic E-state index is 12.6. The summed E-state index contributed by atoms with van der Waals surface area (Å²) in [6.07, 6.45) is 0. The first kappa shape index (κ1) is 20.7. The highest BCUT2D eigenvalue weighted by Crippen LogP contribution is 2.22. The maximum atomic E-state index is 12.6. The molecule has 1 fully saturated rings. The van der Waals surface area contributed by atoms with Crippen LogP contribution in [-0.2, 0) is 0 Å². The van der Waals surface area contributed by atoms with E-state index in [0.717, 1.165) is 47.4 Å². The topological polar surface area (TPSA) is 70.6 Å². The van der Waals surface area contributed by atoms with Gasteiger partial charge in [0.1, 0.15) is 11.6 Å². The van der Waals surface area contributed by atoms with Gasteiger partial charge in [0.05, 0.1) is 7.11 Å². The van der Waals surface area contributed by atoms with Crippen molar-refractivity contribution in [3.63, 3.8) is 0 Å². The summed E-state index contributed by atoms with van der Waals surface area (Å²) in [6.45, 7) is 6.76. The van der Waals surface area contributed by atoms with Gasteiger partial charge in [0.2, 0.25) is 0 Å². The molecule has 1 aliphatic rings. The third-order valence-electron chi connectivity index (χ3n) is 5.35. The van der Waals surface area contributed by atoms with Gasteiger partial charge >= 0.3 is 6.03 Å². The van der Waals surface area contributed by atoms with Crippen molar-refractivity contribution >= 4 is 17.5 Å². The number of carbonyl (C=O) groups is 1. The Morgan fingerprint density at radius 2 is 1.71 bits per heavy atom. The molecule has 160 valence electrons. The van der Waals surface area contributed by atoms with E-state index in [-0.39, 0.29) is 6.03 Å². The van der Waals surface area contributed by atoms with Crippen molar-refractivity contribution in [2.75, 3.05) is 43.5 Å². The van der Waals surface area contributed by atoms with E-state index >= 15 is 0 Å². The minimum absolute atomic E-state index is 0.0934. The highest BCUT2D eigenvalue weighted by atomic mass is 16.5. The molecule has 0 bridgehead atoms. The van der Waals surface area contributed by atoms with Gasteiger partial charge in [-0.25, -0.2) is 14.8 Å². The largest absolute Gasteiger partial charge is 0.497 e. The Labute approximate surface area is 182 Å². The number of hydrogen-bond donors (Lipinski definition) is 1. The summed E-state index contributed by atoms with van der Waals surface area (Å²) in [7, 11) is 1.62. The molecule has 7 heteroatoms. The molecule has 31 heavy (non-hydrogen) atoms. The SMILES string of the molecule is COc1ccc(NC(=O)N2CCN(c3cc(C)nc(-c4cccc(C)c4)n3)CC2)cc1. The summed E-state index contributed by atoms with van der Waals surface area (Å²) in [5.74, 6) is 2.40. The average molecular weight is 418 g/mol. The number of carbonyl (C=O) groups excluding carboxylic acids is 1. The standard InChI is InChI=1S/C24H27N5O2/c1-17-5-4-6-19(15-17)23-25-18(2)16-22(27-23)28-11-13-29(14-12-28)24(30)26-20-7-9-21(31-3)10-8-20/h4-10,15-16H,11-14H2,1-3H3,(H,26,30). The fraction of sp³-hybridized carbons (Fsp3) is 0.292. The number of rotatable bonds is 4. The molecule has 0 unspecified atom stereocenters. The first-order chi connectivity index (χ1) is 15.0. The molecule has 4 rings (SSSR count). The molecular weight excluding hydrogens is 390 g/mol. The van der Waals surface area contributed by atoms with Crippen LogP contribution in [0.25, 0.3) is 11.4 Å². The number of methoxy groups -OCH3 is 1. The molecule has 3 aromatic rings. The fourth-order valence-corrected chi connectivity index (χ4v) is 3.64. The number of benzene rings is 2. The Morgan fingerprint density at radius 1 is 0.968 bits per heavy atom. The quantitative estimate of drug-likeness (QED) is 0.691. The van der Waals surface area contributed by atoms with Crippen LogP contribution in [0.1, 0.15) is 11.3 Å². The van der Waals surface area contributed by atoms with Gasteiger partial charge in [0.15, 0.2) is 5.82 Å². The summed E-state index contributed by atoms with van der Waals surface area (Å²) in [5.41, 5.74) is 3.88. The van der Waals surface area contributed by atoms with Crippen LogP contribution >= 0.6 is 0 Å². The predicted octanol–water partition coefficient (Wildman–Crippen LogP) is 4.12. The highest BCUT2D eigenvalue weighted by molar-refractivity contribution is 5.89. The van der Waals surface area contributed by atoms with E-state index in [1.807, 2.05) is 54.3 Å². The molecule has 0 atom stereocenters. The first-order valence-electron chi connectivity index (χ1n) is 10.4. The number of nitrogens with zero attached hydrogens (tertiary/aromatic N) is 4. The van der Waals surface area contributed by atoms with Gasteiger partial charge in [0.25, 0.3) is 0 Å². The second-order valence-corrected chi connectivity index (χ2v) is 7.69. The molecule has 1 aromatic heterocycles. The second kappa shape index (κ2) is 9.04. The van der Waals surface area contributed by atoms with Gasteiger partial charge in [-0.3, -0.25) is 0 Å². The molecular formula is C24H27N5O2. The summed E-state index contributed by atoms with van der Waals surface area (Å²) >= 11 is 0. The average Bonchev–Trinajstić information content (AvgIpc) is 2.79. The summed E-state index contributed by atoms with van der Waals surface area (Å²) in [5, 5.41) is 2.95. The minimum atomic E-state index is -0.0934. The normalized spacial score (nSPS) is 13.8. The fourth-order valence-electron chi connectivity index (χ4n) is 3.64. The Hall–Kier alpha value is -3.61. The van der Waals surface area contributed by atoms with Crippen LogP contribution in [0.3, 0.4) is 0 Å². The van der Waals surface area contributed by atoms with Crippen molar-refractivity contribution in [1.82, 2.24) is 14.9 Å². The molecule has 0 spiro atoms. The Balaban J connectivity index is 1.40. The molecule has 1 saturated heterocycles. The lowest BCUT2D eigenvalue weighted by Crippen LogP contribution is -2.50. The van der Waals surface area contributed by atoms with Crippen LogP contribution in [0.15, 0.2) is 54.6 Å². The molecule has 2 heterocycles. The van der Waals surface area contributed by atoms with E-state index in [1.54, 1.807) is 7.11 Å². The number of aryl methyl sites for hydroxylation is 2. The van der Waals surface area contributed by atoms with E-state index in [2.05, 4.69) is 34.3 Å². The minimum Gasteiger partial charge on any atom is -0.497 e. The van der Waals surface area contributed by atoms with Gasteiger partial charge in [0, 0.05) is 49.2 Å². The molecule has 7 nitrogen and oxygen atoms in total. The molecule has 2 amide bonds. The van der Waals surface area contributed by atoms with Crippen LogP contribution in [0.4, 0.5) is 16.3 Å². The van der Waals surface area contributed by atoms with Crippen molar-refractivity contribution in [2.24, 2.45) is 0 Å². The zero-order valence-corrected chi connectivity index (χ0v) is 18.1. The summed E-state index contributed by atoms with van der Waals surface area (Å²) < 4.78 is 5.16. The van der Waals surface area contributed by atoms with Crippen molar-refractivity contribution in [3.05, 3.63) is 65.9 Å². The first-order valence-corrected chi connectivity index (χ1v) is 10.4. The van der Waals surface area contributed by atoms with Crippen molar-refractivity contribution in [2.45, 2.75) is 13.8 Å². The number of nitrogens with one attached hydrogen (secondary N) is 1. The van der Waals surface area contributed by atoms with Crippen molar-refractivity contribution in [1.29, 1.82) is 0 Å². The number of urea groups is 1. The van der Waals surface area contributed by atoms with Gasteiger partial charge in [-0.05, 0) is 44.2 Å². The van der Waals surface area contributed by atoms with Gasteiger partial charge in [-0.15, -0.1) is 0 Å². The van der Waals surface area contributed by atoms with E-state index in [9.17, 15) is 4.79 Å². The van der Waals surface area contributed by atoms with E-state index in [4.69, 9.17) is 9.72 Å². The summed E-state index contributed by atoms with van der Waals surface area (Å²) in [6, 6.07) is 17.5. The lowest BCUT2D eigenvalue weighted by Gasteiger charge is -2.35. The lowest BCUT2D eigenvalue weighted by atomic mass is 10.1. The van der Waals surface area contributed by atoms with E-state index in [0.29, 0.717) is 13.1 Å². The number of anilines is 2. The van der Waals surface area contributed by atoms with Crippen LogP contribution in [0.5, 0.6) is 5.75 Å². The maximum Gasteiger partial charge on any atom is 0.321 e. The molecule has 1 aliphatic heterocycles. The number of hydrogen-bond acceptors (Lipinski definition) is 5. The number of aromatic nitrogens is 2. The van der Waals surface area contributed by atoms with Crippen LogP contribution < -0.4 is 15.0 Å². The van der Waals surface area contributed by atoms with Crippen LogP contribution in [0, 0.1) is 13.8 Å². The van der Waals surface area contributed by atoms with Gasteiger partial charge in [-0.1, -0.05) is 23.8 Å². The molecule has 0 saturated carbocycles.